The van der Waals surface area contributed by atoms with Crippen molar-refractivity contribution in [3.8, 4) is 0 Å². The second kappa shape index (κ2) is 10.3. The van der Waals surface area contributed by atoms with Crippen LogP contribution in [0.5, 0.6) is 0 Å². The van der Waals surface area contributed by atoms with Crippen LogP contribution in [0.4, 0.5) is 13.6 Å². The lowest BCUT2D eigenvalue weighted by molar-refractivity contribution is -0.184. The maximum Gasteiger partial charge on any atom is 0.407 e. The number of amides is 1. The first-order valence-electron chi connectivity index (χ1n) is 9.59. The lowest BCUT2D eigenvalue weighted by atomic mass is 9.92. The van der Waals surface area contributed by atoms with Gasteiger partial charge in [-0.25, -0.2) is 4.79 Å². The standard InChI is InChI=1S/C22H28F2N2O3/c1-15(2)26-21(28)29-20(19(25)17-11-7-4-8-12-17)22(23,24)18(27)14-13-16-9-5-3-6-10-16/h3-12,15,18-20,27H,13-14,25H2,1-2H3,(H,26,28). The van der Waals surface area contributed by atoms with Gasteiger partial charge < -0.3 is 20.9 Å². The van der Waals surface area contributed by atoms with Gasteiger partial charge in [-0.3, -0.25) is 0 Å². The maximum absolute atomic E-state index is 15.2. The Morgan fingerprint density at radius 2 is 1.66 bits per heavy atom. The molecule has 0 aliphatic carbocycles. The monoisotopic (exact) mass is 406 g/mol. The molecule has 3 unspecified atom stereocenters. The van der Waals surface area contributed by atoms with Gasteiger partial charge in [0.25, 0.3) is 0 Å². The average Bonchev–Trinajstić information content (AvgIpc) is 2.70. The summed E-state index contributed by atoms with van der Waals surface area (Å²) in [7, 11) is 0. The quantitative estimate of drug-likeness (QED) is 0.591. The van der Waals surface area contributed by atoms with E-state index in [-0.39, 0.29) is 18.9 Å². The number of alkyl carbamates (subject to hydrolysis) is 1. The molecule has 4 N–H and O–H groups in total. The van der Waals surface area contributed by atoms with Crippen molar-refractivity contribution in [3.05, 3.63) is 71.8 Å². The van der Waals surface area contributed by atoms with E-state index in [1.165, 1.54) is 0 Å². The molecule has 0 saturated carbocycles. The Balaban J connectivity index is 2.20. The second-order valence-electron chi connectivity index (χ2n) is 7.28. The van der Waals surface area contributed by atoms with Gasteiger partial charge in [-0.1, -0.05) is 60.7 Å². The van der Waals surface area contributed by atoms with Crippen LogP contribution in [0.25, 0.3) is 0 Å². The summed E-state index contributed by atoms with van der Waals surface area (Å²) in [5.74, 6) is -3.75. The molecule has 2 aromatic rings. The molecular formula is C22H28F2N2O3. The first-order valence-corrected chi connectivity index (χ1v) is 9.59. The molecule has 2 aromatic carbocycles. The summed E-state index contributed by atoms with van der Waals surface area (Å²) in [6, 6.07) is 15.6. The summed E-state index contributed by atoms with van der Waals surface area (Å²) in [5.41, 5.74) is 7.26. The molecule has 0 bridgehead atoms. The molecule has 1 amide bonds. The van der Waals surface area contributed by atoms with Crippen molar-refractivity contribution in [3.63, 3.8) is 0 Å². The van der Waals surface area contributed by atoms with Crippen LogP contribution in [0.3, 0.4) is 0 Å². The fourth-order valence-corrected chi connectivity index (χ4v) is 2.96. The SMILES string of the molecule is CC(C)NC(=O)OC(C(N)c1ccccc1)C(F)(F)C(O)CCc1ccccc1. The molecule has 158 valence electrons. The Morgan fingerprint density at radius 1 is 1.10 bits per heavy atom. The number of nitrogens with two attached hydrogens (primary N) is 1. The Kier molecular flexibility index (Phi) is 8.10. The molecule has 3 atom stereocenters. The van der Waals surface area contributed by atoms with E-state index in [0.717, 1.165) is 5.56 Å². The molecular weight excluding hydrogens is 378 g/mol. The van der Waals surface area contributed by atoms with Crippen molar-refractivity contribution < 1.29 is 23.4 Å². The van der Waals surface area contributed by atoms with Crippen molar-refractivity contribution in [2.45, 2.75) is 56.9 Å². The number of aliphatic hydroxyl groups excluding tert-OH is 1. The highest BCUT2D eigenvalue weighted by Crippen LogP contribution is 2.35. The molecule has 0 heterocycles. The number of benzene rings is 2. The highest BCUT2D eigenvalue weighted by Gasteiger charge is 2.52. The molecule has 29 heavy (non-hydrogen) atoms. The van der Waals surface area contributed by atoms with Crippen LogP contribution >= 0.6 is 0 Å². The maximum atomic E-state index is 15.2. The third-order valence-electron chi connectivity index (χ3n) is 4.52. The van der Waals surface area contributed by atoms with Gasteiger partial charge in [0.2, 0.25) is 0 Å². The Bertz CT molecular complexity index is 757. The number of halogens is 2. The molecule has 0 aliphatic heterocycles. The summed E-state index contributed by atoms with van der Waals surface area (Å²) in [6.45, 7) is 3.36. The molecule has 0 aromatic heterocycles. The van der Waals surface area contributed by atoms with E-state index in [0.29, 0.717) is 5.56 Å². The number of carbonyl (C=O) groups excluding carboxylic acids is 1. The zero-order valence-electron chi connectivity index (χ0n) is 16.6. The number of hydrogen-bond donors (Lipinski definition) is 3. The van der Waals surface area contributed by atoms with E-state index in [9.17, 15) is 9.90 Å². The Hall–Kier alpha value is -2.51. The Morgan fingerprint density at radius 3 is 2.21 bits per heavy atom. The van der Waals surface area contributed by atoms with Gasteiger partial charge >= 0.3 is 12.0 Å². The number of ether oxygens (including phenoxy) is 1. The highest BCUT2D eigenvalue weighted by molar-refractivity contribution is 5.67. The predicted molar refractivity (Wildman–Crippen MR) is 108 cm³/mol. The fraction of sp³-hybridized carbons (Fsp3) is 0.409. The zero-order valence-corrected chi connectivity index (χ0v) is 16.6. The Labute approximate surface area is 169 Å². The van der Waals surface area contributed by atoms with Crippen molar-refractivity contribution in [1.82, 2.24) is 5.32 Å². The van der Waals surface area contributed by atoms with Crippen LogP contribution in [-0.2, 0) is 11.2 Å². The highest BCUT2D eigenvalue weighted by atomic mass is 19.3. The topological polar surface area (TPSA) is 84.6 Å². The number of aryl methyl sites for hydroxylation is 1. The number of carbonyl (C=O) groups is 1. The average molecular weight is 406 g/mol. The van der Waals surface area contributed by atoms with Gasteiger partial charge in [-0.15, -0.1) is 0 Å². The van der Waals surface area contributed by atoms with Crippen LogP contribution in [0.2, 0.25) is 0 Å². The van der Waals surface area contributed by atoms with E-state index in [4.69, 9.17) is 10.5 Å². The first-order chi connectivity index (χ1) is 13.7. The van der Waals surface area contributed by atoms with E-state index < -0.39 is 30.3 Å². The lowest BCUT2D eigenvalue weighted by Crippen LogP contribution is -2.53. The number of hydrogen-bond acceptors (Lipinski definition) is 4. The summed E-state index contributed by atoms with van der Waals surface area (Å²) in [5, 5.41) is 12.7. The molecule has 0 radical (unpaired) electrons. The van der Waals surface area contributed by atoms with Crippen molar-refractivity contribution in [1.29, 1.82) is 0 Å². The van der Waals surface area contributed by atoms with Crippen LogP contribution < -0.4 is 11.1 Å². The van der Waals surface area contributed by atoms with Crippen LogP contribution in [0, 0.1) is 0 Å². The van der Waals surface area contributed by atoms with E-state index in [1.807, 2.05) is 6.07 Å². The van der Waals surface area contributed by atoms with Crippen LogP contribution in [0.15, 0.2) is 60.7 Å². The molecule has 0 spiro atoms. The van der Waals surface area contributed by atoms with Gasteiger partial charge in [0.15, 0.2) is 6.10 Å². The summed E-state index contributed by atoms with van der Waals surface area (Å²) < 4.78 is 35.4. The molecule has 0 saturated heterocycles. The largest absolute Gasteiger partial charge is 0.438 e. The predicted octanol–water partition coefficient (Wildman–Crippen LogP) is 3.82. The zero-order chi connectivity index (χ0) is 21.4. The third-order valence-corrected chi connectivity index (χ3v) is 4.52. The van der Waals surface area contributed by atoms with Crippen molar-refractivity contribution >= 4 is 6.09 Å². The normalized spacial score (nSPS) is 14.9. The van der Waals surface area contributed by atoms with Gasteiger partial charge in [-0.2, -0.15) is 8.78 Å². The summed E-state index contributed by atoms with van der Waals surface area (Å²) in [6.07, 6.45) is -5.03. The van der Waals surface area contributed by atoms with Gasteiger partial charge in [0.1, 0.15) is 6.10 Å². The number of alkyl halides is 2. The third kappa shape index (κ3) is 6.51. The van der Waals surface area contributed by atoms with E-state index in [2.05, 4.69) is 5.32 Å². The van der Waals surface area contributed by atoms with Gasteiger partial charge in [0.05, 0.1) is 6.04 Å². The number of rotatable bonds is 9. The summed E-state index contributed by atoms with van der Waals surface area (Å²) in [4.78, 5) is 12.0. The first kappa shape index (κ1) is 22.8. The smallest absolute Gasteiger partial charge is 0.407 e. The summed E-state index contributed by atoms with van der Waals surface area (Å²) >= 11 is 0. The van der Waals surface area contributed by atoms with Gasteiger partial charge in [0, 0.05) is 6.04 Å². The molecule has 0 fully saturated rings. The molecule has 7 heteroatoms. The lowest BCUT2D eigenvalue weighted by Gasteiger charge is -2.34. The number of nitrogens with one attached hydrogen (secondary N) is 1. The fourth-order valence-electron chi connectivity index (χ4n) is 2.96. The minimum atomic E-state index is -3.75. The van der Waals surface area contributed by atoms with Crippen LogP contribution in [-0.4, -0.2) is 35.4 Å². The van der Waals surface area contributed by atoms with Gasteiger partial charge in [-0.05, 0) is 37.8 Å². The second-order valence-corrected chi connectivity index (χ2v) is 7.28. The molecule has 0 aliphatic rings. The van der Waals surface area contributed by atoms with Crippen molar-refractivity contribution in [2.75, 3.05) is 0 Å². The van der Waals surface area contributed by atoms with Crippen LogP contribution in [0.1, 0.15) is 37.4 Å². The molecule has 5 nitrogen and oxygen atoms in total. The minimum absolute atomic E-state index is 0.204. The van der Waals surface area contributed by atoms with E-state index in [1.54, 1.807) is 68.4 Å². The number of aliphatic hydroxyl groups is 1. The minimum Gasteiger partial charge on any atom is -0.438 e. The van der Waals surface area contributed by atoms with Crippen molar-refractivity contribution in [2.24, 2.45) is 5.73 Å². The van der Waals surface area contributed by atoms with E-state index >= 15 is 8.78 Å². The molecule has 2 rings (SSSR count).